The highest BCUT2D eigenvalue weighted by Gasteiger charge is 2.14. The molecule has 0 saturated heterocycles. The molecular formula is C21H19FN6O. The fraction of sp³-hybridized carbons (Fsp3) is 0.0952. The number of rotatable bonds is 6. The molecule has 0 unspecified atom stereocenters. The monoisotopic (exact) mass is 390 g/mol. The molecule has 2 heterocycles. The zero-order valence-electron chi connectivity index (χ0n) is 15.7. The molecule has 29 heavy (non-hydrogen) atoms. The summed E-state index contributed by atoms with van der Waals surface area (Å²) in [6.45, 7) is 0.479. The molecular weight excluding hydrogens is 371 g/mol. The molecule has 7 nitrogen and oxygen atoms in total. The SMILES string of the molecule is CNc1ccc(NC(=O)c2cnc3ccc(NCc4ccc(F)cc4)nn23)cc1. The Kier molecular flexibility index (Phi) is 5.07. The Hall–Kier alpha value is -3.94. The molecule has 0 fully saturated rings. The van der Waals surface area contributed by atoms with Crippen LogP contribution in [0, 0.1) is 5.82 Å². The van der Waals surface area contributed by atoms with Gasteiger partial charge < -0.3 is 16.0 Å². The average Bonchev–Trinajstić information content (AvgIpc) is 3.17. The van der Waals surface area contributed by atoms with Crippen molar-refractivity contribution in [3.05, 3.63) is 83.9 Å². The number of halogens is 1. The Balaban J connectivity index is 1.51. The molecule has 8 heteroatoms. The minimum Gasteiger partial charge on any atom is -0.388 e. The molecule has 146 valence electrons. The molecule has 2 aromatic carbocycles. The van der Waals surface area contributed by atoms with E-state index in [0.29, 0.717) is 29.4 Å². The first-order valence-corrected chi connectivity index (χ1v) is 9.04. The highest BCUT2D eigenvalue weighted by Crippen LogP contribution is 2.15. The number of anilines is 3. The summed E-state index contributed by atoms with van der Waals surface area (Å²) >= 11 is 0. The van der Waals surface area contributed by atoms with E-state index in [1.165, 1.54) is 22.8 Å². The fourth-order valence-corrected chi connectivity index (χ4v) is 2.83. The first-order chi connectivity index (χ1) is 14.1. The highest BCUT2D eigenvalue weighted by molar-refractivity contribution is 6.03. The van der Waals surface area contributed by atoms with Crippen molar-refractivity contribution in [2.75, 3.05) is 23.0 Å². The molecule has 0 aliphatic heterocycles. The van der Waals surface area contributed by atoms with Gasteiger partial charge in [0.15, 0.2) is 11.3 Å². The van der Waals surface area contributed by atoms with Gasteiger partial charge in [0, 0.05) is 25.0 Å². The minimum absolute atomic E-state index is 0.275. The van der Waals surface area contributed by atoms with E-state index in [4.69, 9.17) is 0 Å². The molecule has 0 radical (unpaired) electrons. The van der Waals surface area contributed by atoms with Crippen LogP contribution in [0.2, 0.25) is 0 Å². The lowest BCUT2D eigenvalue weighted by molar-refractivity contribution is 0.102. The van der Waals surface area contributed by atoms with Gasteiger partial charge in [0.25, 0.3) is 5.91 Å². The zero-order valence-corrected chi connectivity index (χ0v) is 15.7. The number of nitrogens with zero attached hydrogens (tertiary/aromatic N) is 3. The number of benzene rings is 2. The molecule has 0 aliphatic rings. The van der Waals surface area contributed by atoms with E-state index >= 15 is 0 Å². The molecule has 4 rings (SSSR count). The Morgan fingerprint density at radius 2 is 1.72 bits per heavy atom. The standard InChI is InChI=1S/C21H19FN6O/c1-23-16-6-8-17(9-7-16)26-21(29)18-13-25-20-11-10-19(27-28(18)20)24-12-14-2-4-15(22)5-3-14/h2-11,13,23H,12H2,1H3,(H,24,27)(H,26,29). The minimum atomic E-state index is -0.308. The van der Waals surface area contributed by atoms with Gasteiger partial charge in [-0.25, -0.2) is 13.9 Å². The summed E-state index contributed by atoms with van der Waals surface area (Å²) in [5.41, 5.74) is 3.43. The lowest BCUT2D eigenvalue weighted by Gasteiger charge is -2.08. The molecule has 0 bridgehead atoms. The van der Waals surface area contributed by atoms with Crippen molar-refractivity contribution in [2.45, 2.75) is 6.54 Å². The maximum absolute atomic E-state index is 13.0. The van der Waals surface area contributed by atoms with Crippen molar-refractivity contribution in [1.29, 1.82) is 0 Å². The summed E-state index contributed by atoms with van der Waals surface area (Å²) < 4.78 is 14.5. The second kappa shape index (κ2) is 7.97. The lowest BCUT2D eigenvalue weighted by atomic mass is 10.2. The predicted octanol–water partition coefficient (Wildman–Crippen LogP) is 3.77. The van der Waals surface area contributed by atoms with Crippen molar-refractivity contribution in [3.63, 3.8) is 0 Å². The van der Waals surface area contributed by atoms with Crippen LogP contribution in [0.4, 0.5) is 21.6 Å². The molecule has 0 aliphatic carbocycles. The van der Waals surface area contributed by atoms with Gasteiger partial charge in [-0.05, 0) is 54.1 Å². The summed E-state index contributed by atoms with van der Waals surface area (Å²) in [6.07, 6.45) is 1.49. The van der Waals surface area contributed by atoms with Crippen molar-refractivity contribution in [3.8, 4) is 0 Å². The number of carbonyl (C=O) groups is 1. The maximum atomic E-state index is 13.0. The van der Waals surface area contributed by atoms with E-state index in [2.05, 4.69) is 26.0 Å². The second-order valence-corrected chi connectivity index (χ2v) is 6.39. The van der Waals surface area contributed by atoms with Gasteiger partial charge >= 0.3 is 0 Å². The number of hydrogen-bond acceptors (Lipinski definition) is 5. The third-order valence-corrected chi connectivity index (χ3v) is 4.41. The first kappa shape index (κ1) is 18.4. The van der Waals surface area contributed by atoms with Crippen LogP contribution in [0.3, 0.4) is 0 Å². The molecule has 2 aromatic heterocycles. The van der Waals surface area contributed by atoms with E-state index in [-0.39, 0.29) is 11.7 Å². The molecule has 0 spiro atoms. The Morgan fingerprint density at radius 1 is 1.00 bits per heavy atom. The molecule has 1 amide bonds. The van der Waals surface area contributed by atoms with Gasteiger partial charge in [-0.1, -0.05) is 12.1 Å². The number of nitrogens with one attached hydrogen (secondary N) is 3. The molecule has 4 aromatic rings. The highest BCUT2D eigenvalue weighted by atomic mass is 19.1. The van der Waals surface area contributed by atoms with Gasteiger partial charge in [0.1, 0.15) is 11.6 Å². The normalized spacial score (nSPS) is 10.7. The van der Waals surface area contributed by atoms with Crippen molar-refractivity contribution in [2.24, 2.45) is 0 Å². The third-order valence-electron chi connectivity index (χ3n) is 4.41. The maximum Gasteiger partial charge on any atom is 0.276 e. The summed E-state index contributed by atoms with van der Waals surface area (Å²) in [5.74, 6) is -0.00639. The summed E-state index contributed by atoms with van der Waals surface area (Å²) in [6, 6.07) is 17.2. The van der Waals surface area contributed by atoms with Crippen LogP contribution in [0.15, 0.2) is 66.9 Å². The van der Waals surface area contributed by atoms with Crippen molar-refractivity contribution in [1.82, 2.24) is 14.6 Å². The second-order valence-electron chi connectivity index (χ2n) is 6.39. The number of hydrogen-bond donors (Lipinski definition) is 3. The van der Waals surface area contributed by atoms with Crippen LogP contribution < -0.4 is 16.0 Å². The van der Waals surface area contributed by atoms with Crippen LogP contribution in [0.25, 0.3) is 5.65 Å². The first-order valence-electron chi connectivity index (χ1n) is 9.04. The van der Waals surface area contributed by atoms with Crippen molar-refractivity contribution < 1.29 is 9.18 Å². The number of fused-ring (bicyclic) bond motifs is 1. The van der Waals surface area contributed by atoms with Crippen LogP contribution in [0.1, 0.15) is 16.1 Å². The van der Waals surface area contributed by atoms with E-state index < -0.39 is 0 Å². The summed E-state index contributed by atoms with van der Waals surface area (Å²) in [4.78, 5) is 16.9. The van der Waals surface area contributed by atoms with E-state index in [0.717, 1.165) is 11.3 Å². The van der Waals surface area contributed by atoms with Gasteiger partial charge in [0.05, 0.1) is 6.20 Å². The fourth-order valence-electron chi connectivity index (χ4n) is 2.83. The summed E-state index contributed by atoms with van der Waals surface area (Å²) in [7, 11) is 1.83. The van der Waals surface area contributed by atoms with Gasteiger partial charge in [-0.15, -0.1) is 5.10 Å². The number of amides is 1. The topological polar surface area (TPSA) is 83.3 Å². The molecule has 0 atom stereocenters. The average molecular weight is 390 g/mol. The van der Waals surface area contributed by atoms with E-state index in [9.17, 15) is 9.18 Å². The Bertz CT molecular complexity index is 1140. The predicted molar refractivity (Wildman–Crippen MR) is 111 cm³/mol. The largest absolute Gasteiger partial charge is 0.388 e. The van der Waals surface area contributed by atoms with Crippen LogP contribution in [-0.4, -0.2) is 27.6 Å². The smallest absolute Gasteiger partial charge is 0.276 e. The molecule has 3 N–H and O–H groups in total. The Morgan fingerprint density at radius 3 is 2.45 bits per heavy atom. The van der Waals surface area contributed by atoms with Crippen molar-refractivity contribution >= 4 is 28.7 Å². The van der Waals surface area contributed by atoms with Crippen LogP contribution >= 0.6 is 0 Å². The molecule has 0 saturated carbocycles. The van der Waals surface area contributed by atoms with Crippen LogP contribution in [0.5, 0.6) is 0 Å². The third kappa shape index (κ3) is 4.16. The van der Waals surface area contributed by atoms with Gasteiger partial charge in [0.2, 0.25) is 0 Å². The quantitative estimate of drug-likeness (QED) is 0.467. The van der Waals surface area contributed by atoms with E-state index in [1.54, 1.807) is 24.3 Å². The number of imidazole rings is 1. The van der Waals surface area contributed by atoms with Gasteiger partial charge in [-0.2, -0.15) is 0 Å². The number of aromatic nitrogens is 3. The summed E-state index contributed by atoms with van der Waals surface area (Å²) in [5, 5.41) is 13.5. The zero-order chi connectivity index (χ0) is 20.2. The lowest BCUT2D eigenvalue weighted by Crippen LogP contribution is -2.16. The van der Waals surface area contributed by atoms with Gasteiger partial charge in [-0.3, -0.25) is 4.79 Å². The number of carbonyl (C=O) groups excluding carboxylic acids is 1. The van der Waals surface area contributed by atoms with Crippen LogP contribution in [-0.2, 0) is 6.54 Å². The Labute approximate surface area is 166 Å². The van der Waals surface area contributed by atoms with E-state index in [1.807, 2.05) is 31.3 Å².